The van der Waals surface area contributed by atoms with E-state index in [4.69, 9.17) is 0 Å². The molecular weight excluding hydrogens is 146 g/mol. The Morgan fingerprint density at radius 3 is 2.50 bits per heavy atom. The second-order valence-corrected chi connectivity index (χ2v) is 3.17. The Bertz CT molecular complexity index is 158. The lowest BCUT2D eigenvalue weighted by Crippen LogP contribution is -2.30. The molecule has 0 bridgehead atoms. The van der Waals surface area contributed by atoms with Crippen LogP contribution in [-0.2, 0) is 0 Å². The van der Waals surface area contributed by atoms with Gasteiger partial charge >= 0.3 is 0 Å². The maximum absolute atomic E-state index is 4.06. The third-order valence-corrected chi connectivity index (χ3v) is 2.36. The number of rotatable bonds is 5. The highest BCUT2D eigenvalue weighted by Crippen LogP contribution is 2.18. The monoisotopic (exact) mass is 167 g/mol. The molecule has 0 saturated heterocycles. The van der Waals surface area contributed by atoms with Crippen LogP contribution in [0.3, 0.4) is 0 Å². The van der Waals surface area contributed by atoms with Crippen LogP contribution in [0, 0.1) is 5.92 Å². The van der Waals surface area contributed by atoms with Gasteiger partial charge in [-0.3, -0.25) is 0 Å². The Labute approximate surface area is 76.6 Å². The first kappa shape index (κ1) is 11.4. The summed E-state index contributed by atoms with van der Waals surface area (Å²) in [5.41, 5.74) is 1.22. The van der Waals surface area contributed by atoms with E-state index in [2.05, 4.69) is 31.8 Å². The Morgan fingerprint density at radius 1 is 1.58 bits per heavy atom. The third-order valence-electron chi connectivity index (χ3n) is 2.36. The van der Waals surface area contributed by atoms with Gasteiger partial charge in [0.2, 0.25) is 0 Å². The standard InChI is InChI=1S/C11H21N/c1-6-8-9(3)11(7-2)10(4)12-5/h6,8,10-12H,3,7H2,1-2,4-5H3/b8-6-. The molecule has 0 amide bonds. The fourth-order valence-corrected chi connectivity index (χ4v) is 1.48. The van der Waals surface area contributed by atoms with Crippen molar-refractivity contribution in [2.45, 2.75) is 33.2 Å². The fourth-order valence-electron chi connectivity index (χ4n) is 1.48. The van der Waals surface area contributed by atoms with Gasteiger partial charge in [0.1, 0.15) is 0 Å². The van der Waals surface area contributed by atoms with E-state index in [1.165, 1.54) is 5.57 Å². The zero-order chi connectivity index (χ0) is 9.56. The third kappa shape index (κ3) is 3.22. The van der Waals surface area contributed by atoms with Crippen LogP contribution in [-0.4, -0.2) is 13.1 Å². The van der Waals surface area contributed by atoms with Gasteiger partial charge in [0.15, 0.2) is 0 Å². The van der Waals surface area contributed by atoms with Gasteiger partial charge in [0, 0.05) is 6.04 Å². The predicted molar refractivity (Wildman–Crippen MR) is 56.3 cm³/mol. The Morgan fingerprint density at radius 2 is 2.17 bits per heavy atom. The fraction of sp³-hybridized carbons (Fsp3) is 0.636. The highest BCUT2D eigenvalue weighted by molar-refractivity contribution is 5.18. The summed E-state index contributed by atoms with van der Waals surface area (Å²) < 4.78 is 0. The molecule has 2 unspecified atom stereocenters. The van der Waals surface area contributed by atoms with Crippen molar-refractivity contribution in [2.75, 3.05) is 7.05 Å². The van der Waals surface area contributed by atoms with Crippen LogP contribution in [0.25, 0.3) is 0 Å². The first-order valence-electron chi connectivity index (χ1n) is 4.66. The van der Waals surface area contributed by atoms with Gasteiger partial charge in [0.05, 0.1) is 0 Å². The van der Waals surface area contributed by atoms with E-state index in [-0.39, 0.29) is 0 Å². The largest absolute Gasteiger partial charge is 0.317 e. The summed E-state index contributed by atoms with van der Waals surface area (Å²) in [5, 5.41) is 3.26. The molecule has 0 aromatic rings. The quantitative estimate of drug-likeness (QED) is 0.621. The highest BCUT2D eigenvalue weighted by atomic mass is 14.9. The summed E-state index contributed by atoms with van der Waals surface area (Å²) in [5.74, 6) is 0.561. The SMILES string of the molecule is C=C(/C=C\C)C(CC)C(C)NC. The average Bonchev–Trinajstić information content (AvgIpc) is 2.06. The van der Waals surface area contributed by atoms with Crippen molar-refractivity contribution < 1.29 is 0 Å². The van der Waals surface area contributed by atoms with Crippen LogP contribution in [0.2, 0.25) is 0 Å². The van der Waals surface area contributed by atoms with Crippen molar-refractivity contribution in [3.63, 3.8) is 0 Å². The van der Waals surface area contributed by atoms with E-state index in [0.29, 0.717) is 12.0 Å². The smallest absolute Gasteiger partial charge is 0.0104 e. The number of nitrogens with one attached hydrogen (secondary N) is 1. The van der Waals surface area contributed by atoms with Gasteiger partial charge in [0.25, 0.3) is 0 Å². The van der Waals surface area contributed by atoms with Crippen LogP contribution in [0.1, 0.15) is 27.2 Å². The van der Waals surface area contributed by atoms with Crippen molar-refractivity contribution in [2.24, 2.45) is 5.92 Å². The molecule has 0 saturated carbocycles. The summed E-state index contributed by atoms with van der Waals surface area (Å²) in [7, 11) is 2.00. The molecule has 12 heavy (non-hydrogen) atoms. The minimum Gasteiger partial charge on any atom is -0.317 e. The molecule has 0 radical (unpaired) electrons. The Kier molecular flexibility index (Phi) is 5.73. The first-order valence-corrected chi connectivity index (χ1v) is 4.66. The lowest BCUT2D eigenvalue weighted by Gasteiger charge is -2.22. The Balaban J connectivity index is 4.23. The van der Waals surface area contributed by atoms with Gasteiger partial charge in [-0.2, -0.15) is 0 Å². The van der Waals surface area contributed by atoms with Crippen molar-refractivity contribution >= 4 is 0 Å². The number of hydrogen-bond acceptors (Lipinski definition) is 1. The van der Waals surface area contributed by atoms with Crippen LogP contribution in [0.15, 0.2) is 24.3 Å². The van der Waals surface area contributed by atoms with E-state index in [0.717, 1.165) is 6.42 Å². The molecule has 0 aliphatic heterocycles. The van der Waals surface area contributed by atoms with E-state index >= 15 is 0 Å². The predicted octanol–water partition coefficient (Wildman–Crippen LogP) is 2.75. The summed E-state index contributed by atoms with van der Waals surface area (Å²) in [6, 6.07) is 0.513. The van der Waals surface area contributed by atoms with E-state index in [9.17, 15) is 0 Å². The van der Waals surface area contributed by atoms with E-state index < -0.39 is 0 Å². The summed E-state index contributed by atoms with van der Waals surface area (Å²) >= 11 is 0. The normalized spacial score (nSPS) is 16.3. The van der Waals surface area contributed by atoms with Gasteiger partial charge in [-0.05, 0) is 33.2 Å². The summed E-state index contributed by atoms with van der Waals surface area (Å²) in [6.07, 6.45) is 5.29. The van der Waals surface area contributed by atoms with E-state index in [1.54, 1.807) is 0 Å². The van der Waals surface area contributed by atoms with Crippen molar-refractivity contribution in [1.29, 1.82) is 0 Å². The minimum atomic E-state index is 0.513. The van der Waals surface area contributed by atoms with Gasteiger partial charge in [-0.25, -0.2) is 0 Å². The molecule has 1 N–H and O–H groups in total. The molecule has 1 heteroatoms. The highest BCUT2D eigenvalue weighted by Gasteiger charge is 2.14. The topological polar surface area (TPSA) is 12.0 Å². The second-order valence-electron chi connectivity index (χ2n) is 3.17. The van der Waals surface area contributed by atoms with Crippen molar-refractivity contribution in [1.82, 2.24) is 5.32 Å². The number of hydrogen-bond donors (Lipinski definition) is 1. The van der Waals surface area contributed by atoms with Crippen LogP contribution < -0.4 is 5.32 Å². The van der Waals surface area contributed by atoms with Crippen LogP contribution >= 0.6 is 0 Å². The first-order chi connectivity index (χ1) is 5.67. The molecule has 0 rings (SSSR count). The van der Waals surface area contributed by atoms with Crippen LogP contribution in [0.4, 0.5) is 0 Å². The molecule has 0 aliphatic rings. The zero-order valence-electron chi connectivity index (χ0n) is 8.72. The summed E-state index contributed by atoms with van der Waals surface area (Å²) in [6.45, 7) is 10.5. The molecule has 0 aliphatic carbocycles. The molecule has 0 aromatic carbocycles. The maximum atomic E-state index is 4.06. The molecular formula is C11H21N. The van der Waals surface area contributed by atoms with Crippen molar-refractivity contribution in [3.8, 4) is 0 Å². The van der Waals surface area contributed by atoms with E-state index in [1.807, 2.05) is 20.0 Å². The average molecular weight is 167 g/mol. The zero-order valence-corrected chi connectivity index (χ0v) is 8.72. The maximum Gasteiger partial charge on any atom is 0.0104 e. The second kappa shape index (κ2) is 6.01. The molecule has 2 atom stereocenters. The molecule has 1 nitrogen and oxygen atoms in total. The minimum absolute atomic E-state index is 0.513. The molecule has 70 valence electrons. The van der Waals surface area contributed by atoms with Crippen molar-refractivity contribution in [3.05, 3.63) is 24.3 Å². The lowest BCUT2D eigenvalue weighted by molar-refractivity contribution is 0.443. The van der Waals surface area contributed by atoms with Crippen LogP contribution in [0.5, 0.6) is 0 Å². The molecule has 0 heterocycles. The summed E-state index contributed by atoms with van der Waals surface area (Å²) in [4.78, 5) is 0. The number of allylic oxidation sites excluding steroid dienone is 2. The molecule has 0 spiro atoms. The Hall–Kier alpha value is -0.560. The van der Waals surface area contributed by atoms with Gasteiger partial charge in [-0.1, -0.05) is 31.2 Å². The lowest BCUT2D eigenvalue weighted by atomic mass is 9.90. The van der Waals surface area contributed by atoms with Gasteiger partial charge in [-0.15, -0.1) is 0 Å². The molecule has 0 fully saturated rings. The van der Waals surface area contributed by atoms with Gasteiger partial charge < -0.3 is 5.32 Å². The molecule has 0 aromatic heterocycles.